The second-order valence-corrected chi connectivity index (χ2v) is 5.34. The highest BCUT2D eigenvalue weighted by Crippen LogP contribution is 2.12. The largest absolute Gasteiger partial charge is 0.390 e. The average Bonchev–Trinajstić information content (AvgIpc) is 2.39. The SMILES string of the molecule is CCC(CC)C(C)NCC(O)CN1CCOCC1. The Morgan fingerprint density at radius 2 is 1.83 bits per heavy atom. The van der Waals surface area contributed by atoms with Gasteiger partial charge in [0.2, 0.25) is 0 Å². The van der Waals surface area contributed by atoms with Gasteiger partial charge in [-0.15, -0.1) is 0 Å². The summed E-state index contributed by atoms with van der Waals surface area (Å²) in [5, 5.41) is 13.5. The number of nitrogens with zero attached hydrogens (tertiary/aromatic N) is 1. The molecule has 0 aliphatic carbocycles. The number of ether oxygens (including phenoxy) is 1. The minimum Gasteiger partial charge on any atom is -0.390 e. The first-order valence-corrected chi connectivity index (χ1v) is 7.38. The Kier molecular flexibility index (Phi) is 7.82. The van der Waals surface area contributed by atoms with Crippen LogP contribution in [0.15, 0.2) is 0 Å². The van der Waals surface area contributed by atoms with E-state index in [4.69, 9.17) is 4.74 Å². The van der Waals surface area contributed by atoms with E-state index >= 15 is 0 Å². The van der Waals surface area contributed by atoms with Gasteiger partial charge in [0.1, 0.15) is 0 Å². The maximum Gasteiger partial charge on any atom is 0.0791 e. The van der Waals surface area contributed by atoms with Gasteiger partial charge in [0.15, 0.2) is 0 Å². The maximum atomic E-state index is 10.0. The highest BCUT2D eigenvalue weighted by Gasteiger charge is 2.17. The molecule has 4 nitrogen and oxygen atoms in total. The summed E-state index contributed by atoms with van der Waals surface area (Å²) in [5.41, 5.74) is 0. The minimum absolute atomic E-state index is 0.278. The van der Waals surface area contributed by atoms with Crippen molar-refractivity contribution in [1.82, 2.24) is 10.2 Å². The molecule has 0 saturated carbocycles. The van der Waals surface area contributed by atoms with E-state index < -0.39 is 0 Å². The molecule has 18 heavy (non-hydrogen) atoms. The number of nitrogens with one attached hydrogen (secondary N) is 1. The van der Waals surface area contributed by atoms with Crippen LogP contribution >= 0.6 is 0 Å². The fourth-order valence-corrected chi connectivity index (χ4v) is 2.63. The highest BCUT2D eigenvalue weighted by atomic mass is 16.5. The molecule has 1 heterocycles. The molecule has 2 unspecified atom stereocenters. The van der Waals surface area contributed by atoms with Crippen molar-refractivity contribution in [2.75, 3.05) is 39.4 Å². The van der Waals surface area contributed by atoms with Crippen LogP contribution < -0.4 is 5.32 Å². The van der Waals surface area contributed by atoms with E-state index in [2.05, 4.69) is 31.0 Å². The molecule has 1 fully saturated rings. The number of hydrogen-bond acceptors (Lipinski definition) is 4. The fourth-order valence-electron chi connectivity index (χ4n) is 2.63. The van der Waals surface area contributed by atoms with Crippen molar-refractivity contribution in [3.05, 3.63) is 0 Å². The van der Waals surface area contributed by atoms with Gasteiger partial charge in [-0.05, 0) is 12.8 Å². The van der Waals surface area contributed by atoms with Crippen molar-refractivity contribution in [3.8, 4) is 0 Å². The van der Waals surface area contributed by atoms with E-state index in [1.54, 1.807) is 0 Å². The van der Waals surface area contributed by atoms with Crippen molar-refractivity contribution in [2.24, 2.45) is 5.92 Å². The summed E-state index contributed by atoms with van der Waals surface area (Å²) in [5.74, 6) is 0.709. The molecule has 0 amide bonds. The highest BCUT2D eigenvalue weighted by molar-refractivity contribution is 4.74. The first kappa shape index (κ1) is 15.9. The van der Waals surface area contributed by atoms with Gasteiger partial charge < -0.3 is 15.2 Å². The average molecular weight is 258 g/mol. The minimum atomic E-state index is -0.278. The summed E-state index contributed by atoms with van der Waals surface area (Å²) in [4.78, 5) is 2.28. The molecule has 0 aromatic rings. The van der Waals surface area contributed by atoms with Crippen LogP contribution in [0.25, 0.3) is 0 Å². The lowest BCUT2D eigenvalue weighted by Crippen LogP contribution is -2.45. The summed E-state index contributed by atoms with van der Waals surface area (Å²) in [6, 6.07) is 0.485. The number of aliphatic hydroxyl groups is 1. The molecule has 1 saturated heterocycles. The Hall–Kier alpha value is -0.160. The summed E-state index contributed by atoms with van der Waals surface area (Å²) >= 11 is 0. The molecule has 0 aromatic carbocycles. The third-order valence-corrected chi connectivity index (χ3v) is 4.00. The maximum absolute atomic E-state index is 10.0. The zero-order chi connectivity index (χ0) is 13.4. The molecule has 108 valence electrons. The lowest BCUT2D eigenvalue weighted by atomic mass is 9.95. The number of β-amino-alcohol motifs (C(OH)–C–C–N with tert-alkyl or cyclic N) is 1. The van der Waals surface area contributed by atoms with Gasteiger partial charge in [0.25, 0.3) is 0 Å². The Labute approximate surface area is 112 Å². The standard InChI is InChI=1S/C14H30N2O2/c1-4-13(5-2)12(3)15-10-14(17)11-16-6-8-18-9-7-16/h12-15,17H,4-11H2,1-3H3. The van der Waals surface area contributed by atoms with Gasteiger partial charge in [0.05, 0.1) is 19.3 Å². The van der Waals surface area contributed by atoms with Crippen LogP contribution in [0.5, 0.6) is 0 Å². The number of morpholine rings is 1. The zero-order valence-corrected chi connectivity index (χ0v) is 12.2. The lowest BCUT2D eigenvalue weighted by molar-refractivity contribution is 0.0142. The number of hydrogen-bond donors (Lipinski definition) is 2. The van der Waals surface area contributed by atoms with Crippen LogP contribution in [-0.4, -0.2) is 61.5 Å². The van der Waals surface area contributed by atoms with E-state index in [1.165, 1.54) is 12.8 Å². The quantitative estimate of drug-likeness (QED) is 0.684. The lowest BCUT2D eigenvalue weighted by Gasteiger charge is -2.30. The third kappa shape index (κ3) is 5.65. The van der Waals surface area contributed by atoms with Gasteiger partial charge >= 0.3 is 0 Å². The Bertz CT molecular complexity index is 204. The predicted octanol–water partition coefficient (Wildman–Crippen LogP) is 1.09. The second-order valence-electron chi connectivity index (χ2n) is 5.34. The molecule has 4 heteroatoms. The molecule has 1 rings (SSSR count). The predicted molar refractivity (Wildman–Crippen MR) is 74.8 cm³/mol. The number of rotatable bonds is 8. The molecule has 2 N–H and O–H groups in total. The molecule has 0 spiro atoms. The Balaban J connectivity index is 2.17. The van der Waals surface area contributed by atoms with Gasteiger partial charge in [-0.25, -0.2) is 0 Å². The summed E-state index contributed by atoms with van der Waals surface area (Å²) < 4.78 is 5.30. The van der Waals surface area contributed by atoms with E-state index in [9.17, 15) is 5.11 Å². The topological polar surface area (TPSA) is 44.7 Å². The van der Waals surface area contributed by atoms with E-state index in [0.29, 0.717) is 18.5 Å². The van der Waals surface area contributed by atoms with Crippen molar-refractivity contribution in [3.63, 3.8) is 0 Å². The normalized spacial score (nSPS) is 21.2. The monoisotopic (exact) mass is 258 g/mol. The van der Waals surface area contributed by atoms with Crippen LogP contribution in [0.2, 0.25) is 0 Å². The number of aliphatic hydroxyl groups excluding tert-OH is 1. The van der Waals surface area contributed by atoms with E-state index in [1.807, 2.05) is 0 Å². The van der Waals surface area contributed by atoms with Crippen LogP contribution in [0.3, 0.4) is 0 Å². The molecule has 0 radical (unpaired) electrons. The van der Waals surface area contributed by atoms with Gasteiger partial charge in [-0.2, -0.15) is 0 Å². The molecule has 0 aromatic heterocycles. The van der Waals surface area contributed by atoms with E-state index in [-0.39, 0.29) is 6.10 Å². The molecular weight excluding hydrogens is 228 g/mol. The van der Waals surface area contributed by atoms with Gasteiger partial charge in [-0.1, -0.05) is 26.7 Å². The molecule has 0 bridgehead atoms. The smallest absolute Gasteiger partial charge is 0.0791 e. The summed E-state index contributed by atoms with van der Waals surface area (Å²) in [6.45, 7) is 11.6. The van der Waals surface area contributed by atoms with Crippen molar-refractivity contribution >= 4 is 0 Å². The molecular formula is C14H30N2O2. The van der Waals surface area contributed by atoms with Crippen molar-refractivity contribution < 1.29 is 9.84 Å². The van der Waals surface area contributed by atoms with E-state index in [0.717, 1.165) is 32.8 Å². The zero-order valence-electron chi connectivity index (χ0n) is 12.2. The first-order chi connectivity index (χ1) is 8.67. The van der Waals surface area contributed by atoms with Crippen molar-refractivity contribution in [2.45, 2.75) is 45.8 Å². The fraction of sp³-hybridized carbons (Fsp3) is 1.00. The van der Waals surface area contributed by atoms with Gasteiger partial charge in [-0.3, -0.25) is 4.90 Å². The Morgan fingerprint density at radius 1 is 1.22 bits per heavy atom. The van der Waals surface area contributed by atoms with Gasteiger partial charge in [0, 0.05) is 32.2 Å². The van der Waals surface area contributed by atoms with Crippen LogP contribution in [0, 0.1) is 5.92 Å². The first-order valence-electron chi connectivity index (χ1n) is 7.38. The molecule has 1 aliphatic heterocycles. The Morgan fingerprint density at radius 3 is 2.39 bits per heavy atom. The summed E-state index contributed by atoms with van der Waals surface area (Å²) in [7, 11) is 0. The van der Waals surface area contributed by atoms with Crippen molar-refractivity contribution in [1.29, 1.82) is 0 Å². The molecule has 1 aliphatic rings. The molecule has 2 atom stereocenters. The van der Waals surface area contributed by atoms with Crippen LogP contribution in [0.4, 0.5) is 0 Å². The third-order valence-electron chi connectivity index (χ3n) is 4.00. The van der Waals surface area contributed by atoms with Crippen LogP contribution in [0.1, 0.15) is 33.6 Å². The second kappa shape index (κ2) is 8.86. The summed E-state index contributed by atoms with van der Waals surface area (Å²) in [6.07, 6.45) is 2.12. The van der Waals surface area contributed by atoms with Crippen LogP contribution in [-0.2, 0) is 4.74 Å².